The van der Waals surface area contributed by atoms with Gasteiger partial charge in [0.05, 0.1) is 17.7 Å². The lowest BCUT2D eigenvalue weighted by atomic mass is 9.85. The zero-order chi connectivity index (χ0) is 14.3. The third-order valence-electron chi connectivity index (χ3n) is 3.81. The van der Waals surface area contributed by atoms with Crippen LogP contribution in [0.4, 0.5) is 13.2 Å². The molecule has 0 bridgehead atoms. The fourth-order valence-corrected chi connectivity index (χ4v) is 2.81. The molecule has 0 spiro atoms. The number of aromatic amines is 1. The van der Waals surface area contributed by atoms with Crippen LogP contribution in [0.2, 0.25) is 0 Å². The van der Waals surface area contributed by atoms with Crippen LogP contribution in [0.5, 0.6) is 0 Å². The van der Waals surface area contributed by atoms with E-state index in [2.05, 4.69) is 15.1 Å². The van der Waals surface area contributed by atoms with E-state index in [1.54, 1.807) is 12.3 Å². The Morgan fingerprint density at radius 2 is 2.00 bits per heavy atom. The van der Waals surface area contributed by atoms with Gasteiger partial charge >= 0.3 is 6.18 Å². The summed E-state index contributed by atoms with van der Waals surface area (Å²) in [6.45, 7) is 6.55. The Labute approximate surface area is 111 Å². The molecule has 0 aromatic carbocycles. The van der Waals surface area contributed by atoms with Gasteiger partial charge in [-0.2, -0.15) is 18.3 Å². The van der Waals surface area contributed by atoms with Crippen molar-refractivity contribution in [3.8, 4) is 0 Å². The summed E-state index contributed by atoms with van der Waals surface area (Å²) < 4.78 is 38.8. The van der Waals surface area contributed by atoms with E-state index in [0.717, 1.165) is 5.69 Å². The number of piperidine rings is 1. The summed E-state index contributed by atoms with van der Waals surface area (Å²) in [5.41, 5.74) is 0.607. The van der Waals surface area contributed by atoms with Crippen LogP contribution in [0.3, 0.4) is 0 Å². The van der Waals surface area contributed by atoms with Crippen LogP contribution in [-0.2, 0) is 0 Å². The Hall–Kier alpha value is -1.04. The molecular formula is C13H20F3N3. The quantitative estimate of drug-likeness (QED) is 0.850. The third kappa shape index (κ3) is 3.11. The molecule has 19 heavy (non-hydrogen) atoms. The summed E-state index contributed by atoms with van der Waals surface area (Å²) in [7, 11) is 0. The van der Waals surface area contributed by atoms with E-state index in [9.17, 15) is 13.2 Å². The molecule has 0 saturated carbocycles. The first-order chi connectivity index (χ1) is 8.69. The van der Waals surface area contributed by atoms with Gasteiger partial charge in [-0.05, 0) is 46.2 Å². The molecule has 2 rings (SSSR count). The average Bonchev–Trinajstić information content (AvgIpc) is 2.79. The van der Waals surface area contributed by atoms with Crippen molar-refractivity contribution in [1.82, 2.24) is 15.1 Å². The normalized spacial score (nSPS) is 26.6. The Morgan fingerprint density at radius 3 is 2.47 bits per heavy atom. The van der Waals surface area contributed by atoms with Crippen molar-refractivity contribution in [3.05, 3.63) is 18.0 Å². The molecule has 0 radical (unpaired) electrons. The molecule has 1 aliphatic heterocycles. The fourth-order valence-electron chi connectivity index (χ4n) is 2.81. The highest BCUT2D eigenvalue weighted by Gasteiger charge is 2.46. The summed E-state index contributed by atoms with van der Waals surface area (Å²) in [4.78, 5) is 2.13. The van der Waals surface area contributed by atoms with Gasteiger partial charge in [0, 0.05) is 11.7 Å². The van der Waals surface area contributed by atoms with Crippen molar-refractivity contribution in [2.75, 3.05) is 6.54 Å². The molecule has 1 N–H and O–H groups in total. The number of halogens is 3. The van der Waals surface area contributed by atoms with E-state index in [-0.39, 0.29) is 24.4 Å². The van der Waals surface area contributed by atoms with Crippen molar-refractivity contribution >= 4 is 0 Å². The molecule has 1 aromatic rings. The minimum absolute atomic E-state index is 0.100. The highest BCUT2D eigenvalue weighted by molar-refractivity contribution is 5.09. The number of nitrogens with zero attached hydrogens (tertiary/aromatic N) is 2. The predicted molar refractivity (Wildman–Crippen MR) is 66.6 cm³/mol. The first-order valence-corrected chi connectivity index (χ1v) is 6.52. The number of H-pyrrole nitrogens is 1. The Kier molecular flexibility index (Phi) is 3.64. The van der Waals surface area contributed by atoms with Crippen molar-refractivity contribution in [2.24, 2.45) is 5.92 Å². The summed E-state index contributed by atoms with van der Waals surface area (Å²) in [5, 5.41) is 6.69. The molecular weight excluding hydrogens is 255 g/mol. The van der Waals surface area contributed by atoms with Gasteiger partial charge in [0.15, 0.2) is 0 Å². The lowest BCUT2D eigenvalue weighted by molar-refractivity contribution is -0.194. The van der Waals surface area contributed by atoms with Crippen molar-refractivity contribution in [1.29, 1.82) is 0 Å². The maximum atomic E-state index is 12.9. The zero-order valence-electron chi connectivity index (χ0n) is 11.5. The van der Waals surface area contributed by atoms with Gasteiger partial charge in [-0.25, -0.2) is 0 Å². The summed E-state index contributed by atoms with van der Waals surface area (Å²) in [6, 6.07) is 1.52. The van der Waals surface area contributed by atoms with Crippen LogP contribution >= 0.6 is 0 Å². The highest BCUT2D eigenvalue weighted by Crippen LogP contribution is 2.43. The molecule has 108 valence electrons. The summed E-state index contributed by atoms with van der Waals surface area (Å²) in [6.07, 6.45) is -2.25. The highest BCUT2D eigenvalue weighted by atomic mass is 19.4. The van der Waals surface area contributed by atoms with Crippen LogP contribution in [0.1, 0.15) is 45.3 Å². The molecule has 1 unspecified atom stereocenters. The van der Waals surface area contributed by atoms with Crippen LogP contribution in [0.15, 0.2) is 12.3 Å². The van der Waals surface area contributed by atoms with Gasteiger partial charge < -0.3 is 0 Å². The lowest BCUT2D eigenvalue weighted by Gasteiger charge is -2.46. The fraction of sp³-hybridized carbons (Fsp3) is 0.769. The third-order valence-corrected chi connectivity index (χ3v) is 3.81. The van der Waals surface area contributed by atoms with Gasteiger partial charge in [0.1, 0.15) is 0 Å². The molecule has 1 aromatic heterocycles. The number of hydrogen-bond acceptors (Lipinski definition) is 2. The van der Waals surface area contributed by atoms with Crippen molar-refractivity contribution in [2.45, 2.75) is 51.4 Å². The van der Waals surface area contributed by atoms with E-state index in [4.69, 9.17) is 0 Å². The lowest BCUT2D eigenvalue weighted by Crippen LogP contribution is -2.50. The Morgan fingerprint density at radius 1 is 1.32 bits per heavy atom. The van der Waals surface area contributed by atoms with E-state index in [0.29, 0.717) is 6.54 Å². The first-order valence-electron chi connectivity index (χ1n) is 6.52. The van der Waals surface area contributed by atoms with E-state index in [1.165, 1.54) is 0 Å². The maximum absolute atomic E-state index is 12.9. The molecule has 0 aliphatic carbocycles. The van der Waals surface area contributed by atoms with Crippen LogP contribution in [0, 0.1) is 5.92 Å². The predicted octanol–water partition coefficient (Wildman–Crippen LogP) is 3.52. The number of aromatic nitrogens is 2. The SMILES string of the molecule is CC(C)(C)N1CC[C@H](C(F)(F)F)CC1c1ccn[nH]1. The van der Waals surface area contributed by atoms with E-state index < -0.39 is 12.1 Å². The molecule has 0 amide bonds. The Bertz CT molecular complexity index is 406. The van der Waals surface area contributed by atoms with Crippen molar-refractivity contribution in [3.63, 3.8) is 0 Å². The van der Waals surface area contributed by atoms with E-state index >= 15 is 0 Å². The standard InChI is InChI=1S/C13H20F3N3/c1-12(2,3)19-7-5-9(13(14,15)16)8-11(19)10-4-6-17-18-10/h4,6,9,11H,5,7-8H2,1-3H3,(H,17,18)/t9-,11?/m0/s1. The molecule has 1 aliphatic rings. The van der Waals surface area contributed by atoms with Crippen molar-refractivity contribution < 1.29 is 13.2 Å². The van der Waals surface area contributed by atoms with Gasteiger partial charge in [-0.3, -0.25) is 10.00 Å². The second-order valence-electron chi connectivity index (χ2n) is 6.15. The zero-order valence-corrected chi connectivity index (χ0v) is 11.5. The summed E-state index contributed by atoms with van der Waals surface area (Å²) >= 11 is 0. The first kappa shape index (κ1) is 14.4. The maximum Gasteiger partial charge on any atom is 0.391 e. The monoisotopic (exact) mass is 275 g/mol. The smallest absolute Gasteiger partial charge is 0.290 e. The largest absolute Gasteiger partial charge is 0.391 e. The molecule has 1 fully saturated rings. The topological polar surface area (TPSA) is 31.9 Å². The number of nitrogens with one attached hydrogen (secondary N) is 1. The van der Waals surface area contributed by atoms with Gasteiger partial charge in [-0.1, -0.05) is 0 Å². The second kappa shape index (κ2) is 4.81. The number of rotatable bonds is 1. The molecule has 3 nitrogen and oxygen atoms in total. The number of hydrogen-bond donors (Lipinski definition) is 1. The van der Waals surface area contributed by atoms with Crippen LogP contribution in [-0.4, -0.2) is 33.4 Å². The summed E-state index contributed by atoms with van der Waals surface area (Å²) in [5.74, 6) is -1.22. The van der Waals surface area contributed by atoms with Gasteiger partial charge in [-0.15, -0.1) is 0 Å². The van der Waals surface area contributed by atoms with Crippen LogP contribution in [0.25, 0.3) is 0 Å². The average molecular weight is 275 g/mol. The molecule has 2 heterocycles. The second-order valence-corrected chi connectivity index (χ2v) is 6.15. The number of likely N-dealkylation sites (tertiary alicyclic amines) is 1. The molecule has 6 heteroatoms. The minimum atomic E-state index is -4.11. The van der Waals surface area contributed by atoms with E-state index in [1.807, 2.05) is 20.8 Å². The number of alkyl halides is 3. The molecule has 2 atom stereocenters. The molecule has 1 saturated heterocycles. The van der Waals surface area contributed by atoms with Crippen LogP contribution < -0.4 is 0 Å². The van der Waals surface area contributed by atoms with Gasteiger partial charge in [0.2, 0.25) is 0 Å². The minimum Gasteiger partial charge on any atom is -0.290 e. The van der Waals surface area contributed by atoms with Gasteiger partial charge in [0.25, 0.3) is 0 Å². The Balaban J connectivity index is 2.25.